The third-order valence-corrected chi connectivity index (χ3v) is 4.04. The zero-order chi connectivity index (χ0) is 18.6. The fraction of sp³-hybridized carbons (Fsp3) is 0.381. The van der Waals surface area contributed by atoms with Crippen molar-refractivity contribution in [3.8, 4) is 11.5 Å². The number of carbonyl (C=O) groups excluding carboxylic acids is 1. The van der Waals surface area contributed by atoms with Crippen LogP contribution in [-0.4, -0.2) is 19.1 Å². The van der Waals surface area contributed by atoms with Crippen molar-refractivity contribution in [3.05, 3.63) is 53.6 Å². The van der Waals surface area contributed by atoms with E-state index in [9.17, 15) is 4.79 Å². The molecule has 2 rings (SSSR count). The quantitative estimate of drug-likeness (QED) is 0.512. The molecular formula is C21H26ClNO3. The lowest BCUT2D eigenvalue weighted by molar-refractivity contribution is -0.118. The molecule has 2 aromatic carbocycles. The standard InChI is InChI=1S/C21H26ClNO3/c1-2-3-4-5-6-13-25-19-11-8-12-20(15-19)26-16-21(24)23-18-10-7-9-17(22)14-18/h7-12,14-15H,2-6,13,16H2,1H3,(H,23,24). The number of halogens is 1. The van der Waals surface area contributed by atoms with E-state index in [1.165, 1.54) is 25.7 Å². The number of nitrogens with one attached hydrogen (secondary N) is 1. The molecule has 26 heavy (non-hydrogen) atoms. The van der Waals surface area contributed by atoms with Gasteiger partial charge in [0.15, 0.2) is 6.61 Å². The van der Waals surface area contributed by atoms with Gasteiger partial charge in [0.25, 0.3) is 5.91 Å². The normalized spacial score (nSPS) is 10.4. The van der Waals surface area contributed by atoms with E-state index >= 15 is 0 Å². The molecule has 0 aromatic heterocycles. The molecule has 5 heteroatoms. The van der Waals surface area contributed by atoms with Gasteiger partial charge in [-0.1, -0.05) is 56.3 Å². The van der Waals surface area contributed by atoms with E-state index in [2.05, 4.69) is 12.2 Å². The van der Waals surface area contributed by atoms with Crippen LogP contribution in [0.25, 0.3) is 0 Å². The molecule has 0 heterocycles. The Hall–Kier alpha value is -2.20. The predicted octanol–water partition coefficient (Wildman–Crippen LogP) is 5.71. The topological polar surface area (TPSA) is 47.6 Å². The van der Waals surface area contributed by atoms with Crippen LogP contribution in [0.5, 0.6) is 11.5 Å². The Kier molecular flexibility index (Phi) is 8.84. The highest BCUT2D eigenvalue weighted by atomic mass is 35.5. The molecule has 0 aliphatic rings. The van der Waals surface area contributed by atoms with Crippen molar-refractivity contribution in [3.63, 3.8) is 0 Å². The van der Waals surface area contributed by atoms with E-state index in [-0.39, 0.29) is 12.5 Å². The molecule has 0 saturated heterocycles. The van der Waals surface area contributed by atoms with Crippen molar-refractivity contribution in [2.75, 3.05) is 18.5 Å². The summed E-state index contributed by atoms with van der Waals surface area (Å²) in [7, 11) is 0. The number of amides is 1. The first-order chi connectivity index (χ1) is 12.7. The Balaban J connectivity index is 1.73. The largest absolute Gasteiger partial charge is 0.493 e. The number of ether oxygens (including phenoxy) is 2. The Morgan fingerprint density at radius 1 is 0.962 bits per heavy atom. The van der Waals surface area contributed by atoms with E-state index in [1.54, 1.807) is 36.4 Å². The van der Waals surface area contributed by atoms with Crippen molar-refractivity contribution in [1.29, 1.82) is 0 Å². The summed E-state index contributed by atoms with van der Waals surface area (Å²) < 4.78 is 11.3. The highest BCUT2D eigenvalue weighted by molar-refractivity contribution is 6.30. The predicted molar refractivity (Wildman–Crippen MR) is 106 cm³/mol. The molecule has 140 valence electrons. The van der Waals surface area contributed by atoms with Crippen LogP contribution >= 0.6 is 11.6 Å². The van der Waals surface area contributed by atoms with Crippen LogP contribution < -0.4 is 14.8 Å². The van der Waals surface area contributed by atoms with Crippen LogP contribution in [-0.2, 0) is 4.79 Å². The highest BCUT2D eigenvalue weighted by Gasteiger charge is 2.05. The first-order valence-electron chi connectivity index (χ1n) is 9.08. The van der Waals surface area contributed by atoms with Gasteiger partial charge in [0.1, 0.15) is 11.5 Å². The molecule has 0 aliphatic carbocycles. The van der Waals surface area contributed by atoms with Crippen molar-refractivity contribution in [2.45, 2.75) is 39.0 Å². The van der Waals surface area contributed by atoms with Crippen molar-refractivity contribution < 1.29 is 14.3 Å². The summed E-state index contributed by atoms with van der Waals surface area (Å²) >= 11 is 5.90. The average Bonchev–Trinajstić information content (AvgIpc) is 2.63. The summed E-state index contributed by atoms with van der Waals surface area (Å²) in [5.74, 6) is 1.12. The minimum absolute atomic E-state index is 0.0764. The Labute approximate surface area is 160 Å². The van der Waals surface area contributed by atoms with E-state index in [0.717, 1.165) is 12.2 Å². The maximum Gasteiger partial charge on any atom is 0.262 e. The molecule has 0 radical (unpaired) electrons. The first kappa shape index (κ1) is 20.1. The molecule has 0 spiro atoms. The molecule has 1 amide bonds. The van der Waals surface area contributed by atoms with E-state index in [4.69, 9.17) is 21.1 Å². The minimum Gasteiger partial charge on any atom is -0.493 e. The lowest BCUT2D eigenvalue weighted by Gasteiger charge is -2.10. The maximum absolute atomic E-state index is 12.0. The highest BCUT2D eigenvalue weighted by Crippen LogP contribution is 2.20. The molecule has 1 N–H and O–H groups in total. The fourth-order valence-electron chi connectivity index (χ4n) is 2.46. The monoisotopic (exact) mass is 375 g/mol. The molecule has 0 saturated carbocycles. The number of unbranched alkanes of at least 4 members (excludes halogenated alkanes) is 4. The molecule has 0 unspecified atom stereocenters. The van der Waals surface area contributed by atoms with E-state index in [0.29, 0.717) is 23.1 Å². The smallest absolute Gasteiger partial charge is 0.262 e. The van der Waals surface area contributed by atoms with Crippen LogP contribution in [0.4, 0.5) is 5.69 Å². The van der Waals surface area contributed by atoms with Crippen LogP contribution in [0.2, 0.25) is 5.02 Å². The summed E-state index contributed by atoms with van der Waals surface area (Å²) in [6.07, 6.45) is 6.01. The van der Waals surface area contributed by atoms with Crippen molar-refractivity contribution >= 4 is 23.2 Å². The molecule has 2 aromatic rings. The average molecular weight is 376 g/mol. The van der Waals surface area contributed by atoms with Gasteiger partial charge in [0, 0.05) is 16.8 Å². The third-order valence-electron chi connectivity index (χ3n) is 3.80. The molecule has 4 nitrogen and oxygen atoms in total. The molecule has 0 aliphatic heterocycles. The number of hydrogen-bond donors (Lipinski definition) is 1. The lowest BCUT2D eigenvalue weighted by Crippen LogP contribution is -2.20. The second-order valence-electron chi connectivity index (χ2n) is 6.08. The zero-order valence-electron chi connectivity index (χ0n) is 15.2. The van der Waals surface area contributed by atoms with Gasteiger partial charge in [-0.3, -0.25) is 4.79 Å². The summed E-state index contributed by atoms with van der Waals surface area (Å²) in [6, 6.07) is 14.4. The zero-order valence-corrected chi connectivity index (χ0v) is 15.9. The lowest BCUT2D eigenvalue weighted by atomic mass is 10.2. The summed E-state index contributed by atoms with van der Waals surface area (Å²) in [6.45, 7) is 2.83. The van der Waals surface area contributed by atoms with Gasteiger partial charge in [0.05, 0.1) is 6.61 Å². The Bertz CT molecular complexity index is 690. The van der Waals surface area contributed by atoms with Crippen molar-refractivity contribution in [1.82, 2.24) is 0 Å². The second-order valence-corrected chi connectivity index (χ2v) is 6.52. The first-order valence-corrected chi connectivity index (χ1v) is 9.46. The summed E-state index contributed by atoms with van der Waals surface area (Å²) in [5, 5.41) is 3.32. The number of carbonyl (C=O) groups is 1. The Morgan fingerprint density at radius 3 is 2.46 bits per heavy atom. The summed E-state index contributed by atoms with van der Waals surface area (Å²) in [4.78, 5) is 12.0. The number of rotatable bonds is 11. The van der Waals surface area contributed by atoms with Crippen LogP contribution in [0.15, 0.2) is 48.5 Å². The number of anilines is 1. The molecule has 0 fully saturated rings. The van der Waals surface area contributed by atoms with Gasteiger partial charge < -0.3 is 14.8 Å². The van der Waals surface area contributed by atoms with Crippen LogP contribution in [0, 0.1) is 0 Å². The van der Waals surface area contributed by atoms with Crippen molar-refractivity contribution in [2.24, 2.45) is 0 Å². The fourth-order valence-corrected chi connectivity index (χ4v) is 2.65. The van der Waals surface area contributed by atoms with E-state index < -0.39 is 0 Å². The van der Waals surface area contributed by atoms with Gasteiger partial charge in [-0.05, 0) is 36.8 Å². The van der Waals surface area contributed by atoms with Gasteiger partial charge >= 0.3 is 0 Å². The third kappa shape index (κ3) is 7.79. The van der Waals surface area contributed by atoms with Gasteiger partial charge in [-0.15, -0.1) is 0 Å². The minimum atomic E-state index is -0.241. The number of benzene rings is 2. The molecule has 0 bridgehead atoms. The van der Waals surface area contributed by atoms with Crippen LogP contribution in [0.1, 0.15) is 39.0 Å². The number of hydrogen-bond acceptors (Lipinski definition) is 3. The van der Waals surface area contributed by atoms with Gasteiger partial charge in [-0.2, -0.15) is 0 Å². The second kappa shape index (κ2) is 11.4. The van der Waals surface area contributed by atoms with Crippen LogP contribution in [0.3, 0.4) is 0 Å². The maximum atomic E-state index is 12.0. The molecular weight excluding hydrogens is 350 g/mol. The SMILES string of the molecule is CCCCCCCOc1cccc(OCC(=O)Nc2cccc(Cl)c2)c1. The van der Waals surface area contributed by atoms with E-state index in [1.807, 2.05) is 12.1 Å². The van der Waals surface area contributed by atoms with Gasteiger partial charge in [0.2, 0.25) is 0 Å². The van der Waals surface area contributed by atoms with Gasteiger partial charge in [-0.25, -0.2) is 0 Å². The molecule has 0 atom stereocenters. The summed E-state index contributed by atoms with van der Waals surface area (Å²) in [5.41, 5.74) is 0.645. The Morgan fingerprint density at radius 2 is 1.69 bits per heavy atom.